The minimum atomic E-state index is -1.04. The van der Waals surface area contributed by atoms with Gasteiger partial charge in [0, 0.05) is 23.1 Å². The number of H-pyrrole nitrogens is 1. The van der Waals surface area contributed by atoms with Crippen molar-refractivity contribution in [2.45, 2.75) is 18.9 Å². The maximum Gasteiger partial charge on any atom is 0.404 e. The molecule has 1 aromatic carbocycles. The number of carbonyl (C=O) groups is 1. The van der Waals surface area contributed by atoms with E-state index in [-0.39, 0.29) is 6.04 Å². The number of hydrogen-bond donors (Lipinski definition) is 3. The van der Waals surface area contributed by atoms with Gasteiger partial charge in [-0.1, -0.05) is 30.3 Å². The van der Waals surface area contributed by atoms with Gasteiger partial charge in [-0.25, -0.2) is 14.8 Å². The molecule has 1 unspecified atom stereocenters. The molecule has 3 aromatic rings. The normalized spacial score (nSPS) is 12.2. The van der Waals surface area contributed by atoms with Crippen molar-refractivity contribution in [2.75, 3.05) is 0 Å². The van der Waals surface area contributed by atoms with E-state index in [0.29, 0.717) is 24.3 Å². The van der Waals surface area contributed by atoms with E-state index in [1.807, 2.05) is 36.4 Å². The molecule has 0 aliphatic heterocycles. The summed E-state index contributed by atoms with van der Waals surface area (Å²) in [6, 6.07) is 11.4. The van der Waals surface area contributed by atoms with Gasteiger partial charge in [0.15, 0.2) is 5.65 Å². The molecular weight excluding hydrogens is 360 g/mol. The second-order valence-corrected chi connectivity index (χ2v) is 6.16. The lowest BCUT2D eigenvalue weighted by atomic mass is 10.0. The number of carboxylic acid groups (broad SMARTS) is 1. The van der Waals surface area contributed by atoms with Crippen LogP contribution in [-0.2, 0) is 12.8 Å². The number of fused-ring (bicyclic) bond motifs is 1. The second-order valence-electron chi connectivity index (χ2n) is 5.25. The van der Waals surface area contributed by atoms with Crippen LogP contribution in [0.25, 0.3) is 11.2 Å². The number of amides is 1. The van der Waals surface area contributed by atoms with Crippen LogP contribution >= 0.6 is 15.9 Å². The van der Waals surface area contributed by atoms with E-state index in [1.54, 1.807) is 6.20 Å². The molecule has 0 saturated heterocycles. The van der Waals surface area contributed by atoms with Crippen LogP contribution < -0.4 is 5.32 Å². The molecule has 0 radical (unpaired) electrons. The van der Waals surface area contributed by atoms with Crippen molar-refractivity contribution < 1.29 is 9.90 Å². The zero-order chi connectivity index (χ0) is 16.2. The minimum absolute atomic E-state index is 0.265. The highest BCUT2D eigenvalue weighted by Crippen LogP contribution is 2.16. The van der Waals surface area contributed by atoms with Gasteiger partial charge in [-0.2, -0.15) is 0 Å². The Morgan fingerprint density at radius 3 is 2.83 bits per heavy atom. The lowest BCUT2D eigenvalue weighted by molar-refractivity contribution is 0.189. The van der Waals surface area contributed by atoms with Gasteiger partial charge in [0.2, 0.25) is 0 Å². The second kappa shape index (κ2) is 6.78. The first kappa shape index (κ1) is 15.5. The topological polar surface area (TPSA) is 90.9 Å². The van der Waals surface area contributed by atoms with Crippen LogP contribution in [0.5, 0.6) is 0 Å². The number of rotatable bonds is 5. The lowest BCUT2D eigenvalue weighted by Gasteiger charge is -2.15. The van der Waals surface area contributed by atoms with E-state index in [2.05, 4.69) is 36.2 Å². The summed E-state index contributed by atoms with van der Waals surface area (Å²) in [5.74, 6) is 0.709. The lowest BCUT2D eigenvalue weighted by Crippen LogP contribution is -2.37. The third-order valence-electron chi connectivity index (χ3n) is 3.45. The number of hydrogen-bond acceptors (Lipinski definition) is 3. The van der Waals surface area contributed by atoms with Crippen LogP contribution in [0.3, 0.4) is 0 Å². The van der Waals surface area contributed by atoms with Crippen LogP contribution in [0.15, 0.2) is 47.1 Å². The van der Waals surface area contributed by atoms with Gasteiger partial charge >= 0.3 is 6.09 Å². The average Bonchev–Trinajstić information content (AvgIpc) is 2.88. The third kappa shape index (κ3) is 4.07. The molecule has 6 nitrogen and oxygen atoms in total. The van der Waals surface area contributed by atoms with E-state index >= 15 is 0 Å². The average molecular weight is 375 g/mol. The summed E-state index contributed by atoms with van der Waals surface area (Å²) in [5, 5.41) is 11.6. The fraction of sp³-hybridized carbons (Fsp3) is 0.188. The number of halogens is 1. The highest BCUT2D eigenvalue weighted by atomic mass is 79.9. The van der Waals surface area contributed by atoms with Gasteiger partial charge in [-0.15, -0.1) is 0 Å². The summed E-state index contributed by atoms with van der Waals surface area (Å²) in [5.41, 5.74) is 2.52. The molecule has 2 heterocycles. The molecule has 7 heteroatoms. The Kier molecular flexibility index (Phi) is 4.57. The predicted molar refractivity (Wildman–Crippen MR) is 90.4 cm³/mol. The molecular formula is C16H15BrN4O2. The fourth-order valence-electron chi connectivity index (χ4n) is 2.50. The molecule has 0 fully saturated rings. The SMILES string of the molecule is O=C(O)NC(Cc1ccccc1)Cc1nc2ncc(Br)cc2[nH]1. The molecule has 0 spiro atoms. The molecule has 0 aliphatic carbocycles. The Hall–Kier alpha value is -2.41. The minimum Gasteiger partial charge on any atom is -0.465 e. The van der Waals surface area contributed by atoms with Gasteiger partial charge in [-0.3, -0.25) is 0 Å². The Morgan fingerprint density at radius 2 is 2.09 bits per heavy atom. The van der Waals surface area contributed by atoms with Crippen molar-refractivity contribution in [2.24, 2.45) is 0 Å². The van der Waals surface area contributed by atoms with E-state index in [0.717, 1.165) is 15.6 Å². The highest BCUT2D eigenvalue weighted by molar-refractivity contribution is 9.10. The van der Waals surface area contributed by atoms with Crippen molar-refractivity contribution in [3.8, 4) is 0 Å². The van der Waals surface area contributed by atoms with Crippen LogP contribution in [0, 0.1) is 0 Å². The first-order valence-corrected chi connectivity index (χ1v) is 7.93. The largest absolute Gasteiger partial charge is 0.465 e. The van der Waals surface area contributed by atoms with Gasteiger partial charge in [0.05, 0.1) is 5.52 Å². The standard InChI is InChI=1S/C16H15BrN4O2/c17-11-7-13-15(18-9-11)21-14(20-13)8-12(19-16(22)23)6-10-4-2-1-3-5-10/h1-5,7,9,12,19H,6,8H2,(H,22,23)(H,18,20,21). The van der Waals surface area contributed by atoms with E-state index in [4.69, 9.17) is 5.11 Å². The third-order valence-corrected chi connectivity index (χ3v) is 3.88. The zero-order valence-corrected chi connectivity index (χ0v) is 13.7. The Balaban J connectivity index is 1.80. The van der Waals surface area contributed by atoms with Crippen LogP contribution in [0.2, 0.25) is 0 Å². The molecule has 1 amide bonds. The smallest absolute Gasteiger partial charge is 0.404 e. The summed E-state index contributed by atoms with van der Waals surface area (Å²) in [4.78, 5) is 22.9. The van der Waals surface area contributed by atoms with Gasteiger partial charge < -0.3 is 15.4 Å². The molecule has 23 heavy (non-hydrogen) atoms. The number of pyridine rings is 1. The Labute approximate surface area is 141 Å². The number of aromatic nitrogens is 3. The Morgan fingerprint density at radius 1 is 1.30 bits per heavy atom. The highest BCUT2D eigenvalue weighted by Gasteiger charge is 2.16. The first-order chi connectivity index (χ1) is 11.1. The number of nitrogens with one attached hydrogen (secondary N) is 2. The van der Waals surface area contributed by atoms with Crippen LogP contribution in [0.1, 0.15) is 11.4 Å². The summed E-state index contributed by atoms with van der Waals surface area (Å²) in [6.07, 6.45) is 1.71. The molecule has 3 rings (SSSR count). The predicted octanol–water partition coefficient (Wildman–Crippen LogP) is 3.14. The van der Waals surface area contributed by atoms with Gasteiger partial charge in [-0.05, 0) is 34.0 Å². The van der Waals surface area contributed by atoms with Crippen molar-refractivity contribution in [1.82, 2.24) is 20.3 Å². The molecule has 0 aliphatic rings. The maximum atomic E-state index is 11.0. The summed E-state index contributed by atoms with van der Waals surface area (Å²) in [6.45, 7) is 0. The monoisotopic (exact) mass is 374 g/mol. The van der Waals surface area contributed by atoms with Crippen molar-refractivity contribution in [1.29, 1.82) is 0 Å². The molecule has 2 aromatic heterocycles. The summed E-state index contributed by atoms with van der Waals surface area (Å²) in [7, 11) is 0. The zero-order valence-electron chi connectivity index (χ0n) is 12.2. The molecule has 0 bridgehead atoms. The van der Waals surface area contributed by atoms with Crippen LogP contribution in [-0.4, -0.2) is 32.2 Å². The van der Waals surface area contributed by atoms with Crippen LogP contribution in [0.4, 0.5) is 4.79 Å². The van der Waals surface area contributed by atoms with Gasteiger partial charge in [0.25, 0.3) is 0 Å². The first-order valence-electron chi connectivity index (χ1n) is 7.13. The van der Waals surface area contributed by atoms with Crippen molar-refractivity contribution in [3.63, 3.8) is 0 Å². The molecule has 1 atom stereocenters. The van der Waals surface area contributed by atoms with Crippen molar-refractivity contribution in [3.05, 3.63) is 58.5 Å². The van der Waals surface area contributed by atoms with E-state index < -0.39 is 6.09 Å². The van der Waals surface area contributed by atoms with Gasteiger partial charge in [0.1, 0.15) is 5.82 Å². The molecule has 3 N–H and O–H groups in total. The number of nitrogens with zero attached hydrogens (tertiary/aromatic N) is 2. The maximum absolute atomic E-state index is 11.0. The summed E-state index contributed by atoms with van der Waals surface area (Å²) < 4.78 is 0.865. The van der Waals surface area contributed by atoms with Crippen molar-refractivity contribution >= 4 is 33.2 Å². The Bertz CT molecular complexity index is 819. The number of benzene rings is 1. The fourth-order valence-corrected chi connectivity index (χ4v) is 2.83. The number of aromatic amines is 1. The molecule has 118 valence electrons. The van der Waals surface area contributed by atoms with E-state index in [9.17, 15) is 4.79 Å². The molecule has 0 saturated carbocycles. The number of imidazole rings is 1. The quantitative estimate of drug-likeness (QED) is 0.639. The summed E-state index contributed by atoms with van der Waals surface area (Å²) >= 11 is 3.37. The van der Waals surface area contributed by atoms with E-state index in [1.165, 1.54) is 0 Å².